The maximum atomic E-state index is 12.3. The zero-order valence-electron chi connectivity index (χ0n) is 17.1. The lowest BCUT2D eigenvalue weighted by atomic mass is 10.3. The SMILES string of the molecule is COc1ncnc(NS(=O)(=O)c2ccc(N)cc2)c1OC.Nc1ccc(S(N)(=O)=O)cc1. The molecule has 172 valence electrons. The average molecular weight is 483 g/mol. The lowest BCUT2D eigenvalue weighted by Gasteiger charge is -2.12. The number of anilines is 3. The molecule has 0 bridgehead atoms. The molecule has 0 atom stereocenters. The normalized spacial score (nSPS) is 11.1. The van der Waals surface area contributed by atoms with Gasteiger partial charge >= 0.3 is 0 Å². The summed E-state index contributed by atoms with van der Waals surface area (Å²) in [7, 11) is -4.64. The third-order valence-corrected chi connectivity index (χ3v) is 6.08. The number of benzene rings is 2. The Morgan fingerprint density at radius 1 is 0.781 bits per heavy atom. The van der Waals surface area contributed by atoms with Crippen LogP contribution < -0.4 is 30.8 Å². The molecule has 1 aromatic heterocycles. The molecule has 3 aromatic rings. The van der Waals surface area contributed by atoms with Crippen molar-refractivity contribution in [2.45, 2.75) is 9.79 Å². The summed E-state index contributed by atoms with van der Waals surface area (Å²) >= 11 is 0. The van der Waals surface area contributed by atoms with E-state index in [1.807, 2.05) is 0 Å². The summed E-state index contributed by atoms with van der Waals surface area (Å²) in [6, 6.07) is 11.5. The standard InChI is InChI=1S/C12H14N4O4S.C6H8N2O2S/c1-19-10-11(14-7-15-12(10)20-2)16-21(17,18)9-5-3-8(13)4-6-9;7-5-1-3-6(4-2-5)11(8,9)10/h3-7H,13H2,1-2H3,(H,14,15,16);1-4H,7H2,(H2,8,9,10). The number of nitrogens with one attached hydrogen (secondary N) is 1. The Balaban J connectivity index is 0.000000278. The molecule has 0 radical (unpaired) electrons. The van der Waals surface area contributed by atoms with Gasteiger partial charge in [0.05, 0.1) is 24.0 Å². The predicted molar refractivity (Wildman–Crippen MR) is 119 cm³/mol. The second-order valence-corrected chi connectivity index (χ2v) is 9.30. The molecule has 1 heterocycles. The number of rotatable bonds is 6. The van der Waals surface area contributed by atoms with E-state index in [2.05, 4.69) is 14.7 Å². The Hall–Kier alpha value is -3.62. The van der Waals surface area contributed by atoms with Crippen LogP contribution in [0.15, 0.2) is 64.6 Å². The van der Waals surface area contributed by atoms with Gasteiger partial charge in [0.15, 0.2) is 5.82 Å². The van der Waals surface area contributed by atoms with Crippen LogP contribution in [-0.2, 0) is 20.0 Å². The molecular formula is C18H22N6O6S2. The highest BCUT2D eigenvalue weighted by Crippen LogP contribution is 2.32. The molecule has 0 aliphatic heterocycles. The first kappa shape index (κ1) is 24.6. The minimum Gasteiger partial charge on any atom is -0.489 e. The Bertz CT molecular complexity index is 1260. The maximum Gasteiger partial charge on any atom is 0.263 e. The molecule has 7 N–H and O–H groups in total. The van der Waals surface area contributed by atoms with E-state index in [1.165, 1.54) is 69.1 Å². The molecule has 2 aromatic carbocycles. The number of methoxy groups -OCH3 is 2. The van der Waals surface area contributed by atoms with Gasteiger partial charge in [-0.2, -0.15) is 4.98 Å². The van der Waals surface area contributed by atoms with E-state index < -0.39 is 20.0 Å². The fourth-order valence-corrected chi connectivity index (χ4v) is 3.78. The Morgan fingerprint density at radius 3 is 1.72 bits per heavy atom. The topological polar surface area (TPSA) is 203 Å². The minimum atomic E-state index is -3.82. The molecule has 14 heteroatoms. The van der Waals surface area contributed by atoms with Crippen molar-refractivity contribution in [3.05, 3.63) is 54.9 Å². The number of sulfonamides is 2. The smallest absolute Gasteiger partial charge is 0.263 e. The number of hydrogen-bond donors (Lipinski definition) is 4. The predicted octanol–water partition coefficient (Wildman–Crippen LogP) is 0.793. The molecule has 0 unspecified atom stereocenters. The Labute approximate surface area is 185 Å². The molecule has 0 saturated heterocycles. The maximum absolute atomic E-state index is 12.3. The molecule has 32 heavy (non-hydrogen) atoms. The summed E-state index contributed by atoms with van der Waals surface area (Å²) in [5.41, 5.74) is 11.8. The van der Waals surface area contributed by atoms with E-state index >= 15 is 0 Å². The molecule has 0 saturated carbocycles. The van der Waals surface area contributed by atoms with Crippen molar-refractivity contribution in [3.63, 3.8) is 0 Å². The van der Waals surface area contributed by atoms with Gasteiger partial charge in [0.1, 0.15) is 6.33 Å². The second kappa shape index (κ2) is 10.1. The van der Waals surface area contributed by atoms with Crippen LogP contribution in [-0.4, -0.2) is 41.0 Å². The number of hydrogen-bond acceptors (Lipinski definition) is 10. The zero-order valence-corrected chi connectivity index (χ0v) is 18.7. The zero-order chi connectivity index (χ0) is 23.9. The van der Waals surface area contributed by atoms with Crippen molar-refractivity contribution >= 4 is 37.2 Å². The number of aromatic nitrogens is 2. The van der Waals surface area contributed by atoms with Crippen LogP contribution in [0.25, 0.3) is 0 Å². The monoisotopic (exact) mass is 482 g/mol. The second-order valence-electron chi connectivity index (χ2n) is 6.05. The number of nitrogens with zero attached hydrogens (tertiary/aromatic N) is 2. The van der Waals surface area contributed by atoms with Crippen LogP contribution in [0, 0.1) is 0 Å². The first-order valence-electron chi connectivity index (χ1n) is 8.67. The fourth-order valence-electron chi connectivity index (χ4n) is 2.25. The van der Waals surface area contributed by atoms with Crippen molar-refractivity contribution in [2.24, 2.45) is 5.14 Å². The van der Waals surface area contributed by atoms with Gasteiger partial charge in [0.2, 0.25) is 15.8 Å². The minimum absolute atomic E-state index is 0.0128. The lowest BCUT2D eigenvalue weighted by molar-refractivity contribution is 0.342. The molecule has 3 rings (SSSR count). The lowest BCUT2D eigenvalue weighted by Crippen LogP contribution is -2.15. The van der Waals surface area contributed by atoms with Gasteiger partial charge in [-0.25, -0.2) is 27.0 Å². The number of primary sulfonamides is 1. The highest BCUT2D eigenvalue weighted by molar-refractivity contribution is 7.92. The van der Waals surface area contributed by atoms with Crippen molar-refractivity contribution in [1.29, 1.82) is 0 Å². The highest BCUT2D eigenvalue weighted by atomic mass is 32.2. The number of ether oxygens (including phenoxy) is 2. The third-order valence-electron chi connectivity index (χ3n) is 3.80. The van der Waals surface area contributed by atoms with Crippen LogP contribution in [0.2, 0.25) is 0 Å². The Kier molecular flexibility index (Phi) is 7.80. The van der Waals surface area contributed by atoms with Crippen LogP contribution >= 0.6 is 0 Å². The van der Waals surface area contributed by atoms with Gasteiger partial charge in [-0.3, -0.25) is 4.72 Å². The summed E-state index contributed by atoms with van der Waals surface area (Å²) in [4.78, 5) is 7.82. The number of nitrogen functional groups attached to an aromatic ring is 2. The average Bonchev–Trinajstić information content (AvgIpc) is 2.73. The van der Waals surface area contributed by atoms with E-state index in [9.17, 15) is 16.8 Å². The summed E-state index contributed by atoms with van der Waals surface area (Å²) in [6.07, 6.45) is 1.17. The van der Waals surface area contributed by atoms with E-state index in [-0.39, 0.29) is 27.2 Å². The quantitative estimate of drug-likeness (QED) is 0.364. The van der Waals surface area contributed by atoms with Crippen molar-refractivity contribution in [3.8, 4) is 11.6 Å². The first-order valence-corrected chi connectivity index (χ1v) is 11.7. The summed E-state index contributed by atoms with van der Waals surface area (Å²) < 4.78 is 58.3. The van der Waals surface area contributed by atoms with Crippen molar-refractivity contribution < 1.29 is 26.3 Å². The van der Waals surface area contributed by atoms with Crippen LogP contribution in [0.3, 0.4) is 0 Å². The van der Waals surface area contributed by atoms with Gasteiger partial charge in [0.25, 0.3) is 15.9 Å². The van der Waals surface area contributed by atoms with E-state index in [0.29, 0.717) is 11.4 Å². The summed E-state index contributed by atoms with van der Waals surface area (Å²) in [6.45, 7) is 0. The van der Waals surface area contributed by atoms with Gasteiger partial charge in [-0.15, -0.1) is 0 Å². The largest absolute Gasteiger partial charge is 0.489 e. The molecule has 0 spiro atoms. The molecule has 0 aliphatic rings. The summed E-state index contributed by atoms with van der Waals surface area (Å²) in [5, 5.41) is 4.84. The van der Waals surface area contributed by atoms with Gasteiger partial charge < -0.3 is 20.9 Å². The van der Waals surface area contributed by atoms with Crippen molar-refractivity contribution in [1.82, 2.24) is 9.97 Å². The van der Waals surface area contributed by atoms with E-state index in [4.69, 9.17) is 26.1 Å². The van der Waals surface area contributed by atoms with Crippen molar-refractivity contribution in [2.75, 3.05) is 30.4 Å². The van der Waals surface area contributed by atoms with Crippen LogP contribution in [0.5, 0.6) is 11.6 Å². The number of nitrogens with two attached hydrogens (primary N) is 3. The third kappa shape index (κ3) is 6.44. The molecule has 0 amide bonds. The van der Waals surface area contributed by atoms with E-state index in [1.54, 1.807) is 0 Å². The summed E-state index contributed by atoms with van der Waals surface area (Å²) in [5.74, 6) is 0.211. The van der Waals surface area contributed by atoms with E-state index in [0.717, 1.165) is 0 Å². The highest BCUT2D eigenvalue weighted by Gasteiger charge is 2.20. The van der Waals surface area contributed by atoms with Gasteiger partial charge in [-0.05, 0) is 48.5 Å². The van der Waals surface area contributed by atoms with Gasteiger partial charge in [0, 0.05) is 11.4 Å². The van der Waals surface area contributed by atoms with Crippen LogP contribution in [0.1, 0.15) is 0 Å². The molecule has 12 nitrogen and oxygen atoms in total. The van der Waals surface area contributed by atoms with Crippen LogP contribution in [0.4, 0.5) is 17.2 Å². The fraction of sp³-hybridized carbons (Fsp3) is 0.111. The molecule has 0 aliphatic carbocycles. The molecule has 0 fully saturated rings. The Morgan fingerprint density at radius 2 is 1.28 bits per heavy atom. The van der Waals surface area contributed by atoms with Gasteiger partial charge in [-0.1, -0.05) is 0 Å². The molecular weight excluding hydrogens is 460 g/mol. The first-order chi connectivity index (χ1) is 15.0.